The maximum absolute atomic E-state index is 14.3. The van der Waals surface area contributed by atoms with Crippen LogP contribution in [0.1, 0.15) is 11.5 Å². The molecule has 0 saturated carbocycles. The molecular weight excluding hydrogens is 325 g/mol. The van der Waals surface area contributed by atoms with Crippen molar-refractivity contribution in [3.8, 4) is 0 Å². The molecule has 2 aromatic heterocycles. The van der Waals surface area contributed by atoms with E-state index in [4.69, 9.17) is 4.98 Å². The van der Waals surface area contributed by atoms with Crippen LogP contribution in [0, 0.1) is 19.7 Å². The Morgan fingerprint density at radius 3 is 2.42 bits per heavy atom. The third kappa shape index (κ3) is 2.69. The summed E-state index contributed by atoms with van der Waals surface area (Å²) in [7, 11) is 0. The first-order chi connectivity index (χ1) is 11.6. The van der Waals surface area contributed by atoms with Crippen LogP contribution in [0.25, 0.3) is 10.2 Å². The molecule has 24 heavy (non-hydrogen) atoms. The fourth-order valence-corrected chi connectivity index (χ4v) is 4.01. The van der Waals surface area contributed by atoms with E-state index < -0.39 is 0 Å². The van der Waals surface area contributed by atoms with E-state index in [1.165, 1.54) is 4.70 Å². The highest BCUT2D eigenvalue weighted by Gasteiger charge is 2.24. The average Bonchev–Trinajstić information content (AvgIpc) is 3.02. The Morgan fingerprint density at radius 1 is 0.958 bits per heavy atom. The van der Waals surface area contributed by atoms with Crippen molar-refractivity contribution in [3.05, 3.63) is 41.6 Å². The van der Waals surface area contributed by atoms with E-state index >= 15 is 0 Å². The summed E-state index contributed by atoms with van der Waals surface area (Å²) in [5, 5.41) is 1.03. The minimum absolute atomic E-state index is 0.311. The number of benzene rings is 1. The van der Waals surface area contributed by atoms with Gasteiger partial charge in [-0.3, -0.25) is 0 Å². The summed E-state index contributed by atoms with van der Waals surface area (Å²) in [4.78, 5) is 17.4. The molecule has 1 saturated heterocycles. The molecule has 3 aromatic rings. The normalized spacial score (nSPS) is 15.3. The minimum Gasteiger partial charge on any atom is -0.351 e. The van der Waals surface area contributed by atoms with E-state index in [0.717, 1.165) is 36.8 Å². The maximum Gasteiger partial charge on any atom is 0.186 e. The first-order valence-electron chi connectivity index (χ1n) is 7.98. The second-order valence-electron chi connectivity index (χ2n) is 5.93. The largest absolute Gasteiger partial charge is 0.351 e. The van der Waals surface area contributed by atoms with Gasteiger partial charge in [-0.15, -0.1) is 0 Å². The number of hydrogen-bond donors (Lipinski definition) is 0. The van der Waals surface area contributed by atoms with E-state index in [9.17, 15) is 4.39 Å². The summed E-state index contributed by atoms with van der Waals surface area (Å²) in [6.45, 7) is 6.55. The lowest BCUT2D eigenvalue weighted by molar-refractivity contribution is 0.571. The summed E-state index contributed by atoms with van der Waals surface area (Å²) < 4.78 is 15.5. The number of rotatable bonds is 2. The van der Waals surface area contributed by atoms with Crippen molar-refractivity contribution in [1.29, 1.82) is 0 Å². The van der Waals surface area contributed by atoms with Crippen molar-refractivity contribution >= 4 is 32.5 Å². The zero-order valence-corrected chi connectivity index (χ0v) is 14.5. The number of fused-ring (bicyclic) bond motifs is 1. The number of aryl methyl sites for hydroxylation is 2. The van der Waals surface area contributed by atoms with Crippen molar-refractivity contribution in [1.82, 2.24) is 15.0 Å². The molecule has 1 aliphatic rings. The van der Waals surface area contributed by atoms with Crippen molar-refractivity contribution < 1.29 is 4.39 Å². The fourth-order valence-electron chi connectivity index (χ4n) is 3.00. The number of para-hydroxylation sites is 1. The molecule has 124 valence electrons. The third-order valence-electron chi connectivity index (χ3n) is 4.24. The van der Waals surface area contributed by atoms with Crippen molar-refractivity contribution in [2.75, 3.05) is 36.0 Å². The van der Waals surface area contributed by atoms with Crippen molar-refractivity contribution in [2.45, 2.75) is 13.8 Å². The standard InChI is InChI=1S/C17H18FN5S/c1-11-15(18)16(20-12(2)19-11)22-7-9-23(10-8-22)17-21-13-5-3-4-6-14(13)24-17/h3-6H,7-10H2,1-2H3. The lowest BCUT2D eigenvalue weighted by atomic mass is 10.3. The summed E-state index contributed by atoms with van der Waals surface area (Å²) >= 11 is 1.71. The Balaban J connectivity index is 1.52. The molecule has 0 aliphatic carbocycles. The van der Waals surface area contributed by atoms with Gasteiger partial charge in [0.05, 0.1) is 15.9 Å². The van der Waals surface area contributed by atoms with Gasteiger partial charge in [-0.2, -0.15) is 0 Å². The zero-order chi connectivity index (χ0) is 16.7. The lowest BCUT2D eigenvalue weighted by Gasteiger charge is -2.35. The van der Waals surface area contributed by atoms with Crippen LogP contribution in [0.3, 0.4) is 0 Å². The molecule has 0 unspecified atom stereocenters. The Morgan fingerprint density at radius 2 is 1.67 bits per heavy atom. The molecule has 0 atom stereocenters. The van der Waals surface area contributed by atoms with Gasteiger partial charge in [0.15, 0.2) is 16.8 Å². The lowest BCUT2D eigenvalue weighted by Crippen LogP contribution is -2.47. The highest BCUT2D eigenvalue weighted by atomic mass is 32.1. The molecule has 0 bridgehead atoms. The fraction of sp³-hybridized carbons (Fsp3) is 0.353. The molecule has 5 nitrogen and oxygen atoms in total. The van der Waals surface area contributed by atoms with Crippen LogP contribution in [0.5, 0.6) is 0 Å². The van der Waals surface area contributed by atoms with E-state index in [2.05, 4.69) is 20.9 Å². The molecule has 0 radical (unpaired) electrons. The number of anilines is 2. The van der Waals surface area contributed by atoms with E-state index in [-0.39, 0.29) is 5.82 Å². The second kappa shape index (κ2) is 5.98. The Hall–Kier alpha value is -2.28. The third-order valence-corrected chi connectivity index (χ3v) is 5.34. The van der Waals surface area contributed by atoms with Crippen molar-refractivity contribution in [3.63, 3.8) is 0 Å². The molecule has 1 aliphatic heterocycles. The summed E-state index contributed by atoms with van der Waals surface area (Å²) in [6.07, 6.45) is 0. The molecule has 0 amide bonds. The van der Waals surface area contributed by atoms with Gasteiger partial charge in [0.1, 0.15) is 5.82 Å². The molecular formula is C17H18FN5S. The number of halogens is 1. The molecule has 3 heterocycles. The highest BCUT2D eigenvalue weighted by molar-refractivity contribution is 7.22. The van der Waals surface area contributed by atoms with Gasteiger partial charge < -0.3 is 9.80 Å². The Labute approximate surface area is 143 Å². The maximum atomic E-state index is 14.3. The predicted molar refractivity (Wildman–Crippen MR) is 95.5 cm³/mol. The topological polar surface area (TPSA) is 45.2 Å². The summed E-state index contributed by atoms with van der Waals surface area (Å²) in [6, 6.07) is 8.17. The first-order valence-corrected chi connectivity index (χ1v) is 8.79. The van der Waals surface area contributed by atoms with Gasteiger partial charge in [-0.1, -0.05) is 23.5 Å². The van der Waals surface area contributed by atoms with E-state index in [1.807, 2.05) is 23.1 Å². The molecule has 4 rings (SSSR count). The number of aromatic nitrogens is 3. The van der Waals surface area contributed by atoms with Crippen LogP contribution in [0.2, 0.25) is 0 Å². The Bertz CT molecular complexity index is 853. The van der Waals surface area contributed by atoms with Gasteiger partial charge in [-0.25, -0.2) is 19.3 Å². The van der Waals surface area contributed by atoms with Gasteiger partial charge >= 0.3 is 0 Å². The SMILES string of the molecule is Cc1nc(C)c(F)c(N2CCN(c3nc4ccccc4s3)CC2)n1. The van der Waals surface area contributed by atoms with Crippen LogP contribution < -0.4 is 9.80 Å². The molecule has 1 aromatic carbocycles. The van der Waals surface area contributed by atoms with Gasteiger partial charge in [0.25, 0.3) is 0 Å². The Kier molecular flexibility index (Phi) is 3.80. The van der Waals surface area contributed by atoms with Crippen LogP contribution >= 0.6 is 11.3 Å². The number of piperazine rings is 1. The average molecular weight is 343 g/mol. The van der Waals surface area contributed by atoms with Crippen LogP contribution in [-0.4, -0.2) is 41.1 Å². The van der Waals surface area contributed by atoms with Crippen molar-refractivity contribution in [2.24, 2.45) is 0 Å². The smallest absolute Gasteiger partial charge is 0.186 e. The number of nitrogens with zero attached hydrogens (tertiary/aromatic N) is 5. The van der Waals surface area contributed by atoms with Gasteiger partial charge in [0.2, 0.25) is 0 Å². The summed E-state index contributed by atoms with van der Waals surface area (Å²) in [5.74, 6) is 0.718. The first kappa shape index (κ1) is 15.3. The predicted octanol–water partition coefficient (Wildman–Crippen LogP) is 3.17. The highest BCUT2D eigenvalue weighted by Crippen LogP contribution is 2.30. The quantitative estimate of drug-likeness (QED) is 0.715. The zero-order valence-electron chi connectivity index (χ0n) is 13.7. The monoisotopic (exact) mass is 343 g/mol. The van der Waals surface area contributed by atoms with Crippen LogP contribution in [-0.2, 0) is 0 Å². The second-order valence-corrected chi connectivity index (χ2v) is 6.94. The minimum atomic E-state index is -0.311. The summed E-state index contributed by atoms with van der Waals surface area (Å²) in [5.41, 5.74) is 1.44. The van der Waals surface area contributed by atoms with E-state index in [1.54, 1.807) is 25.2 Å². The molecule has 1 fully saturated rings. The molecule has 0 N–H and O–H groups in total. The van der Waals surface area contributed by atoms with Crippen LogP contribution in [0.15, 0.2) is 24.3 Å². The van der Waals surface area contributed by atoms with Gasteiger partial charge in [-0.05, 0) is 26.0 Å². The van der Waals surface area contributed by atoms with E-state index in [0.29, 0.717) is 17.3 Å². The number of hydrogen-bond acceptors (Lipinski definition) is 6. The molecule has 0 spiro atoms. The number of thiazole rings is 1. The molecule has 7 heteroatoms. The van der Waals surface area contributed by atoms with Crippen LogP contribution in [0.4, 0.5) is 15.3 Å². The van der Waals surface area contributed by atoms with Gasteiger partial charge in [0, 0.05) is 26.2 Å².